The van der Waals surface area contributed by atoms with Crippen molar-refractivity contribution in [2.24, 2.45) is 0 Å². The molecule has 0 aliphatic carbocycles. The molecule has 94 valence electrons. The summed E-state index contributed by atoms with van der Waals surface area (Å²) in [7, 11) is 0. The van der Waals surface area contributed by atoms with Crippen molar-refractivity contribution in [1.29, 1.82) is 0 Å². The van der Waals surface area contributed by atoms with Gasteiger partial charge in [-0.05, 0) is 18.1 Å². The van der Waals surface area contributed by atoms with E-state index in [2.05, 4.69) is 37.3 Å². The maximum absolute atomic E-state index is 6.08. The molecule has 3 rings (SSSR count). The maximum atomic E-state index is 6.08. The van der Waals surface area contributed by atoms with Crippen LogP contribution in [0.4, 0.5) is 0 Å². The molecule has 0 saturated heterocycles. The first-order valence-electron chi connectivity index (χ1n) is 6.62. The van der Waals surface area contributed by atoms with E-state index in [0.29, 0.717) is 0 Å². The Morgan fingerprint density at radius 3 is 1.95 bits per heavy atom. The SMILES string of the molecule is CCc1cc(-c2ccccc2)oc1-c1ccccc1. The second-order valence-electron chi connectivity index (χ2n) is 4.55. The normalized spacial score (nSPS) is 10.6. The van der Waals surface area contributed by atoms with E-state index in [1.54, 1.807) is 0 Å². The molecule has 0 spiro atoms. The van der Waals surface area contributed by atoms with Crippen LogP contribution >= 0.6 is 0 Å². The highest BCUT2D eigenvalue weighted by Gasteiger charge is 2.12. The molecule has 3 aromatic rings. The highest BCUT2D eigenvalue weighted by Crippen LogP contribution is 2.32. The van der Waals surface area contributed by atoms with E-state index in [-0.39, 0.29) is 0 Å². The summed E-state index contributed by atoms with van der Waals surface area (Å²) in [5, 5.41) is 0. The van der Waals surface area contributed by atoms with E-state index in [1.165, 1.54) is 5.56 Å². The van der Waals surface area contributed by atoms with Crippen LogP contribution in [0.25, 0.3) is 22.6 Å². The van der Waals surface area contributed by atoms with E-state index < -0.39 is 0 Å². The van der Waals surface area contributed by atoms with Crippen LogP contribution in [-0.2, 0) is 6.42 Å². The minimum atomic E-state index is 0.941. The molecule has 0 aliphatic heterocycles. The van der Waals surface area contributed by atoms with Gasteiger partial charge in [0.2, 0.25) is 0 Å². The molecule has 1 aromatic heterocycles. The first-order valence-corrected chi connectivity index (χ1v) is 6.62. The lowest BCUT2D eigenvalue weighted by Crippen LogP contribution is -1.80. The summed E-state index contributed by atoms with van der Waals surface area (Å²) in [6.07, 6.45) is 0.973. The van der Waals surface area contributed by atoms with Crippen LogP contribution in [0.3, 0.4) is 0 Å². The van der Waals surface area contributed by atoms with E-state index in [4.69, 9.17) is 4.42 Å². The summed E-state index contributed by atoms with van der Waals surface area (Å²) < 4.78 is 6.08. The Kier molecular flexibility index (Phi) is 3.20. The smallest absolute Gasteiger partial charge is 0.137 e. The van der Waals surface area contributed by atoms with Gasteiger partial charge in [0, 0.05) is 11.1 Å². The van der Waals surface area contributed by atoms with Gasteiger partial charge in [0.15, 0.2) is 0 Å². The molecule has 0 fully saturated rings. The number of hydrogen-bond donors (Lipinski definition) is 0. The van der Waals surface area contributed by atoms with Crippen molar-refractivity contribution < 1.29 is 4.42 Å². The Bertz CT molecular complexity index is 651. The Morgan fingerprint density at radius 2 is 1.37 bits per heavy atom. The van der Waals surface area contributed by atoms with Crippen molar-refractivity contribution >= 4 is 0 Å². The van der Waals surface area contributed by atoms with E-state index in [0.717, 1.165) is 29.1 Å². The summed E-state index contributed by atoms with van der Waals surface area (Å²) in [6.45, 7) is 2.16. The molecule has 0 amide bonds. The average molecular weight is 248 g/mol. The molecule has 1 nitrogen and oxygen atoms in total. The molecule has 0 radical (unpaired) electrons. The first-order chi connectivity index (χ1) is 9.38. The Balaban J connectivity index is 2.09. The second-order valence-corrected chi connectivity index (χ2v) is 4.55. The van der Waals surface area contributed by atoms with Gasteiger partial charge in [-0.15, -0.1) is 0 Å². The molecule has 19 heavy (non-hydrogen) atoms. The van der Waals surface area contributed by atoms with Crippen molar-refractivity contribution in [3.63, 3.8) is 0 Å². The second kappa shape index (κ2) is 5.15. The van der Waals surface area contributed by atoms with Gasteiger partial charge in [0.25, 0.3) is 0 Å². The third kappa shape index (κ3) is 2.32. The van der Waals surface area contributed by atoms with Gasteiger partial charge in [-0.3, -0.25) is 0 Å². The molecular formula is C18H16O. The fourth-order valence-corrected chi connectivity index (χ4v) is 2.27. The van der Waals surface area contributed by atoms with Crippen LogP contribution in [0.2, 0.25) is 0 Å². The fourth-order valence-electron chi connectivity index (χ4n) is 2.27. The third-order valence-corrected chi connectivity index (χ3v) is 3.28. The number of rotatable bonds is 3. The minimum Gasteiger partial charge on any atom is -0.456 e. The van der Waals surface area contributed by atoms with Gasteiger partial charge in [-0.2, -0.15) is 0 Å². The van der Waals surface area contributed by atoms with Gasteiger partial charge >= 0.3 is 0 Å². The molecule has 0 saturated carbocycles. The lowest BCUT2D eigenvalue weighted by atomic mass is 10.1. The zero-order valence-corrected chi connectivity index (χ0v) is 11.0. The molecular weight excluding hydrogens is 232 g/mol. The van der Waals surface area contributed by atoms with Crippen molar-refractivity contribution in [3.8, 4) is 22.6 Å². The summed E-state index contributed by atoms with van der Waals surface area (Å²) in [4.78, 5) is 0. The van der Waals surface area contributed by atoms with Crippen LogP contribution in [0.5, 0.6) is 0 Å². The van der Waals surface area contributed by atoms with Crippen LogP contribution in [0.1, 0.15) is 12.5 Å². The average Bonchev–Trinajstić information content (AvgIpc) is 2.93. The summed E-state index contributed by atoms with van der Waals surface area (Å²) in [6, 6.07) is 22.7. The predicted octanol–water partition coefficient (Wildman–Crippen LogP) is 5.18. The van der Waals surface area contributed by atoms with Gasteiger partial charge in [0.05, 0.1) is 0 Å². The molecule has 0 N–H and O–H groups in total. The maximum Gasteiger partial charge on any atom is 0.137 e. The predicted molar refractivity (Wildman–Crippen MR) is 79.0 cm³/mol. The summed E-state index contributed by atoms with van der Waals surface area (Å²) in [5.74, 6) is 1.93. The summed E-state index contributed by atoms with van der Waals surface area (Å²) >= 11 is 0. The third-order valence-electron chi connectivity index (χ3n) is 3.28. The van der Waals surface area contributed by atoms with Crippen molar-refractivity contribution in [3.05, 3.63) is 72.3 Å². The molecule has 1 heteroatoms. The largest absolute Gasteiger partial charge is 0.456 e. The number of aryl methyl sites for hydroxylation is 1. The van der Waals surface area contributed by atoms with Crippen molar-refractivity contribution in [1.82, 2.24) is 0 Å². The van der Waals surface area contributed by atoms with Crippen molar-refractivity contribution in [2.45, 2.75) is 13.3 Å². The monoisotopic (exact) mass is 248 g/mol. The molecule has 0 aliphatic rings. The zero-order chi connectivity index (χ0) is 13.1. The van der Waals surface area contributed by atoms with Gasteiger partial charge in [0.1, 0.15) is 11.5 Å². The van der Waals surface area contributed by atoms with E-state index in [1.807, 2.05) is 36.4 Å². The molecule has 1 heterocycles. The summed E-state index contributed by atoms with van der Waals surface area (Å²) in [5.41, 5.74) is 3.52. The molecule has 0 unspecified atom stereocenters. The highest BCUT2D eigenvalue weighted by molar-refractivity contribution is 5.68. The standard InChI is InChI=1S/C18H16O/c1-2-14-13-17(15-9-5-3-6-10-15)19-18(14)16-11-7-4-8-12-16/h3-13H,2H2,1H3. The number of benzene rings is 2. The molecule has 0 atom stereocenters. The minimum absolute atomic E-state index is 0.941. The van der Waals surface area contributed by atoms with E-state index >= 15 is 0 Å². The molecule has 2 aromatic carbocycles. The Morgan fingerprint density at radius 1 is 0.789 bits per heavy atom. The quantitative estimate of drug-likeness (QED) is 0.622. The van der Waals surface area contributed by atoms with Crippen LogP contribution in [0.15, 0.2) is 71.1 Å². The van der Waals surface area contributed by atoms with E-state index in [9.17, 15) is 0 Å². The zero-order valence-electron chi connectivity index (χ0n) is 11.0. The number of furan rings is 1. The molecule has 0 bridgehead atoms. The van der Waals surface area contributed by atoms with Crippen LogP contribution in [-0.4, -0.2) is 0 Å². The highest BCUT2D eigenvalue weighted by atomic mass is 16.3. The van der Waals surface area contributed by atoms with Crippen LogP contribution < -0.4 is 0 Å². The Hall–Kier alpha value is -2.28. The van der Waals surface area contributed by atoms with Gasteiger partial charge in [-0.1, -0.05) is 67.6 Å². The van der Waals surface area contributed by atoms with Gasteiger partial charge < -0.3 is 4.42 Å². The van der Waals surface area contributed by atoms with Crippen molar-refractivity contribution in [2.75, 3.05) is 0 Å². The Labute approximate surface area is 113 Å². The van der Waals surface area contributed by atoms with Gasteiger partial charge in [-0.25, -0.2) is 0 Å². The number of hydrogen-bond acceptors (Lipinski definition) is 1. The van der Waals surface area contributed by atoms with Crippen LogP contribution in [0, 0.1) is 0 Å². The topological polar surface area (TPSA) is 13.1 Å². The lowest BCUT2D eigenvalue weighted by Gasteiger charge is -1.99. The first kappa shape index (κ1) is 11.8. The fraction of sp³-hybridized carbons (Fsp3) is 0.111. The lowest BCUT2D eigenvalue weighted by molar-refractivity contribution is 0.594.